The largest absolute Gasteiger partial charge is 0.455 e. The quantitative estimate of drug-likeness (QED) is 0.161. The van der Waals surface area contributed by atoms with Crippen molar-refractivity contribution < 1.29 is 4.42 Å². The van der Waals surface area contributed by atoms with E-state index in [1.165, 1.54) is 43.7 Å². The molecular formula is C58H38N2O. The number of furan rings is 1. The Morgan fingerprint density at radius 2 is 0.836 bits per heavy atom. The Balaban J connectivity index is 0.941. The Kier molecular flexibility index (Phi) is 8.17. The topological polar surface area (TPSA) is 21.3 Å². The fourth-order valence-corrected chi connectivity index (χ4v) is 9.29. The van der Waals surface area contributed by atoms with Crippen molar-refractivity contribution in [1.82, 2.24) is 4.57 Å². The maximum Gasteiger partial charge on any atom is 0.143 e. The summed E-state index contributed by atoms with van der Waals surface area (Å²) < 4.78 is 8.87. The predicted molar refractivity (Wildman–Crippen MR) is 257 cm³/mol. The van der Waals surface area contributed by atoms with Crippen molar-refractivity contribution in [3.8, 4) is 39.1 Å². The Morgan fingerprint density at radius 3 is 1.54 bits per heavy atom. The first-order chi connectivity index (χ1) is 30.2. The van der Waals surface area contributed by atoms with E-state index in [4.69, 9.17) is 4.42 Å². The summed E-state index contributed by atoms with van der Waals surface area (Å²) in [7, 11) is 0. The van der Waals surface area contributed by atoms with E-state index in [1.54, 1.807) is 0 Å². The lowest BCUT2D eigenvalue weighted by molar-refractivity contribution is 0.670. The van der Waals surface area contributed by atoms with Gasteiger partial charge < -0.3 is 13.9 Å². The van der Waals surface area contributed by atoms with Crippen LogP contribution in [0, 0.1) is 0 Å². The molecule has 0 aliphatic rings. The van der Waals surface area contributed by atoms with Gasteiger partial charge in [0.25, 0.3) is 0 Å². The van der Waals surface area contributed by atoms with Crippen LogP contribution in [0.25, 0.3) is 93.6 Å². The van der Waals surface area contributed by atoms with Crippen molar-refractivity contribution in [1.29, 1.82) is 0 Å². The lowest BCUT2D eigenvalue weighted by atomic mass is 9.98. The van der Waals surface area contributed by atoms with E-state index in [-0.39, 0.29) is 0 Å². The maximum atomic E-state index is 6.50. The molecule has 61 heavy (non-hydrogen) atoms. The molecule has 10 aromatic carbocycles. The van der Waals surface area contributed by atoms with Crippen molar-refractivity contribution >= 4 is 71.6 Å². The number of aromatic nitrogens is 1. The number of fused-ring (bicyclic) bond motifs is 7. The van der Waals surface area contributed by atoms with Crippen molar-refractivity contribution in [3.05, 3.63) is 231 Å². The van der Waals surface area contributed by atoms with Gasteiger partial charge in [-0.25, -0.2) is 0 Å². The van der Waals surface area contributed by atoms with Gasteiger partial charge in [-0.2, -0.15) is 0 Å². The molecule has 0 N–H and O–H groups in total. The van der Waals surface area contributed by atoms with Gasteiger partial charge in [0.2, 0.25) is 0 Å². The second-order valence-corrected chi connectivity index (χ2v) is 15.7. The van der Waals surface area contributed by atoms with Gasteiger partial charge in [-0.05, 0) is 111 Å². The minimum absolute atomic E-state index is 0.890. The zero-order chi connectivity index (χ0) is 40.3. The van der Waals surface area contributed by atoms with Crippen molar-refractivity contribution in [3.63, 3.8) is 0 Å². The molecule has 0 aliphatic carbocycles. The summed E-state index contributed by atoms with van der Waals surface area (Å²) >= 11 is 0. The van der Waals surface area contributed by atoms with E-state index in [0.29, 0.717) is 0 Å². The molecule has 0 bridgehead atoms. The highest BCUT2D eigenvalue weighted by molar-refractivity contribution is 6.11. The molecule has 0 saturated heterocycles. The van der Waals surface area contributed by atoms with E-state index >= 15 is 0 Å². The van der Waals surface area contributed by atoms with Gasteiger partial charge in [-0.3, -0.25) is 0 Å². The number of hydrogen-bond acceptors (Lipinski definition) is 2. The van der Waals surface area contributed by atoms with Gasteiger partial charge in [-0.15, -0.1) is 0 Å². The molecule has 0 fully saturated rings. The van der Waals surface area contributed by atoms with Gasteiger partial charge in [0.15, 0.2) is 0 Å². The molecule has 12 rings (SSSR count). The molecule has 0 unspecified atom stereocenters. The van der Waals surface area contributed by atoms with Crippen LogP contribution < -0.4 is 4.90 Å². The Labute approximate surface area is 353 Å². The summed E-state index contributed by atoms with van der Waals surface area (Å²) in [6.07, 6.45) is 0. The molecule has 0 saturated carbocycles. The van der Waals surface area contributed by atoms with Crippen LogP contribution in [0.15, 0.2) is 235 Å². The lowest BCUT2D eigenvalue weighted by Gasteiger charge is -2.26. The number of benzene rings is 10. The molecule has 0 radical (unpaired) electrons. The van der Waals surface area contributed by atoms with Gasteiger partial charge in [0, 0.05) is 49.9 Å². The summed E-state index contributed by atoms with van der Waals surface area (Å²) in [5, 5.41) is 7.25. The average molecular weight is 779 g/mol. The molecule has 3 nitrogen and oxygen atoms in total. The third kappa shape index (κ3) is 5.90. The highest BCUT2D eigenvalue weighted by atomic mass is 16.3. The second kappa shape index (κ2) is 14.3. The first-order valence-electron chi connectivity index (χ1n) is 20.8. The van der Waals surface area contributed by atoms with E-state index in [0.717, 1.165) is 66.9 Å². The smallest absolute Gasteiger partial charge is 0.143 e. The minimum atomic E-state index is 0.890. The molecule has 2 aromatic heterocycles. The zero-order valence-electron chi connectivity index (χ0n) is 33.2. The Bertz CT molecular complexity index is 3500. The van der Waals surface area contributed by atoms with Crippen LogP contribution in [0.5, 0.6) is 0 Å². The highest BCUT2D eigenvalue weighted by Crippen LogP contribution is 2.41. The molecule has 3 heteroatoms. The van der Waals surface area contributed by atoms with Crippen LogP contribution in [0.2, 0.25) is 0 Å². The van der Waals surface area contributed by atoms with Crippen LogP contribution >= 0.6 is 0 Å². The SMILES string of the molecule is c1ccc(-c2cccc3c2oc2ccc(-c4ccc(N(c5ccc(-c6cccc7ccccc67)cc5)c5ccc(-n6c7ccccc7c7ccccc76)cc5)cc4)cc23)cc1. The van der Waals surface area contributed by atoms with Crippen LogP contribution in [-0.2, 0) is 0 Å². The molecule has 2 heterocycles. The fourth-order valence-electron chi connectivity index (χ4n) is 9.29. The molecule has 0 amide bonds. The predicted octanol–water partition coefficient (Wildman–Crippen LogP) is 16.3. The third-order valence-corrected chi connectivity index (χ3v) is 12.2. The van der Waals surface area contributed by atoms with E-state index in [9.17, 15) is 0 Å². The van der Waals surface area contributed by atoms with Crippen LogP contribution in [-0.4, -0.2) is 4.57 Å². The monoisotopic (exact) mass is 778 g/mol. The number of anilines is 3. The normalized spacial score (nSPS) is 11.6. The summed E-state index contributed by atoms with van der Waals surface area (Å²) in [6.45, 7) is 0. The number of para-hydroxylation sites is 3. The standard InChI is InChI=1S/C58H38N2O/c1-2-12-41(13-3-1)50-20-11-21-53-54-38-43(28-37-57(54)61-58(50)53)39-24-29-44(30-25-39)59(45-31-26-42(27-32-45)49-19-10-15-40-14-4-5-16-48(40)49)46-33-35-47(36-34-46)60-55-22-8-6-17-51(55)52-18-7-9-23-56(52)60/h1-38H. The van der Waals surface area contributed by atoms with Gasteiger partial charge in [0.05, 0.1) is 11.0 Å². The Morgan fingerprint density at radius 1 is 0.328 bits per heavy atom. The maximum absolute atomic E-state index is 6.50. The fraction of sp³-hybridized carbons (Fsp3) is 0. The average Bonchev–Trinajstić information content (AvgIpc) is 3.88. The third-order valence-electron chi connectivity index (χ3n) is 12.2. The summed E-state index contributed by atoms with van der Waals surface area (Å²) in [5.41, 5.74) is 15.5. The van der Waals surface area contributed by atoms with E-state index in [2.05, 4.69) is 234 Å². The van der Waals surface area contributed by atoms with E-state index < -0.39 is 0 Å². The molecule has 286 valence electrons. The van der Waals surface area contributed by atoms with Gasteiger partial charge >= 0.3 is 0 Å². The van der Waals surface area contributed by atoms with Gasteiger partial charge in [-0.1, -0.05) is 158 Å². The number of hydrogen-bond donors (Lipinski definition) is 0. The van der Waals surface area contributed by atoms with Crippen molar-refractivity contribution in [2.45, 2.75) is 0 Å². The molecule has 0 spiro atoms. The molecule has 12 aromatic rings. The van der Waals surface area contributed by atoms with Crippen LogP contribution in [0.1, 0.15) is 0 Å². The first kappa shape index (κ1) is 34.9. The molecule has 0 atom stereocenters. The van der Waals surface area contributed by atoms with Crippen molar-refractivity contribution in [2.75, 3.05) is 4.90 Å². The minimum Gasteiger partial charge on any atom is -0.455 e. The number of rotatable bonds is 7. The van der Waals surface area contributed by atoms with Crippen molar-refractivity contribution in [2.24, 2.45) is 0 Å². The number of nitrogens with zero attached hydrogens (tertiary/aromatic N) is 2. The summed E-state index contributed by atoms with van der Waals surface area (Å²) in [6, 6.07) is 82.8. The van der Waals surface area contributed by atoms with E-state index in [1.807, 2.05) is 6.07 Å². The Hall–Kier alpha value is -8.14. The van der Waals surface area contributed by atoms with Gasteiger partial charge in [0.1, 0.15) is 11.2 Å². The molecule has 0 aliphatic heterocycles. The first-order valence-corrected chi connectivity index (χ1v) is 20.8. The lowest BCUT2D eigenvalue weighted by Crippen LogP contribution is -2.10. The van der Waals surface area contributed by atoms with Crippen LogP contribution in [0.3, 0.4) is 0 Å². The van der Waals surface area contributed by atoms with Crippen LogP contribution in [0.4, 0.5) is 17.1 Å². The summed E-state index contributed by atoms with van der Waals surface area (Å²) in [4.78, 5) is 2.35. The molecular weight excluding hydrogens is 741 g/mol. The summed E-state index contributed by atoms with van der Waals surface area (Å²) in [5.74, 6) is 0. The zero-order valence-corrected chi connectivity index (χ0v) is 33.2. The highest BCUT2D eigenvalue weighted by Gasteiger charge is 2.17. The second-order valence-electron chi connectivity index (χ2n) is 15.7.